The van der Waals surface area contributed by atoms with E-state index in [-0.39, 0.29) is 0 Å². The molecule has 2 aromatic heterocycles. The Hall–Kier alpha value is -1.90. The molecule has 2 aromatic rings. The number of carbonyl (C=O) groups excluding carboxylic acids is 1. The lowest BCUT2D eigenvalue weighted by molar-refractivity contribution is 0.111. The quantitative estimate of drug-likeness (QED) is 0.711. The van der Waals surface area contributed by atoms with Gasteiger partial charge in [0.2, 0.25) is 0 Å². The molecule has 0 amide bonds. The topological polar surface area (TPSA) is 34.9 Å². The molecule has 0 aliphatic rings. The summed E-state index contributed by atoms with van der Waals surface area (Å²) in [5, 5.41) is 0. The summed E-state index contributed by atoms with van der Waals surface area (Å²) in [6, 6.07) is 7.65. The molecule has 3 heteroatoms. The van der Waals surface area contributed by atoms with Crippen molar-refractivity contribution in [3.8, 4) is 0 Å². The van der Waals surface area contributed by atoms with E-state index in [1.807, 2.05) is 42.1 Å². The van der Waals surface area contributed by atoms with E-state index in [0.29, 0.717) is 12.2 Å². The van der Waals surface area contributed by atoms with E-state index in [0.717, 1.165) is 17.5 Å². The molecule has 0 saturated carbocycles. The molecule has 0 aromatic carbocycles. The first-order valence-electron chi connectivity index (χ1n) is 4.81. The highest BCUT2D eigenvalue weighted by molar-refractivity contribution is 5.72. The second-order valence-electron chi connectivity index (χ2n) is 3.51. The molecule has 0 fully saturated rings. The van der Waals surface area contributed by atoms with Gasteiger partial charge in [-0.15, -0.1) is 0 Å². The minimum Gasteiger partial charge on any atom is -0.339 e. The standard InChI is InChI=1S/C12H12N2O/c1-10-4-5-11(13-7-10)8-14-6-2-3-12(14)9-15/h2-7,9H,8H2,1H3. The first kappa shape index (κ1) is 9.65. The van der Waals surface area contributed by atoms with Crippen molar-refractivity contribution in [3.05, 3.63) is 53.6 Å². The lowest BCUT2D eigenvalue weighted by atomic mass is 10.3. The number of aryl methyl sites for hydroxylation is 1. The summed E-state index contributed by atoms with van der Waals surface area (Å²) in [5.74, 6) is 0. The molecule has 0 atom stereocenters. The van der Waals surface area contributed by atoms with Crippen LogP contribution < -0.4 is 0 Å². The Bertz CT molecular complexity index is 457. The summed E-state index contributed by atoms with van der Waals surface area (Å²) in [4.78, 5) is 15.0. The van der Waals surface area contributed by atoms with E-state index < -0.39 is 0 Å². The van der Waals surface area contributed by atoms with Gasteiger partial charge < -0.3 is 4.57 Å². The number of nitrogens with zero attached hydrogens (tertiary/aromatic N) is 2. The number of aromatic nitrogens is 2. The highest BCUT2D eigenvalue weighted by Crippen LogP contribution is 2.05. The summed E-state index contributed by atoms with van der Waals surface area (Å²) in [6.45, 7) is 2.64. The van der Waals surface area contributed by atoms with Crippen LogP contribution in [-0.2, 0) is 6.54 Å². The summed E-state index contributed by atoms with van der Waals surface area (Å²) in [7, 11) is 0. The molecule has 2 heterocycles. The maximum Gasteiger partial charge on any atom is 0.166 e. The summed E-state index contributed by atoms with van der Waals surface area (Å²) >= 11 is 0. The molecule has 0 spiro atoms. The van der Waals surface area contributed by atoms with Crippen molar-refractivity contribution in [2.24, 2.45) is 0 Å². The summed E-state index contributed by atoms with van der Waals surface area (Å²) in [5.41, 5.74) is 2.78. The van der Waals surface area contributed by atoms with Crippen LogP contribution in [0.2, 0.25) is 0 Å². The molecule has 3 nitrogen and oxygen atoms in total. The van der Waals surface area contributed by atoms with E-state index >= 15 is 0 Å². The number of hydrogen-bond donors (Lipinski definition) is 0. The molecular weight excluding hydrogens is 188 g/mol. The van der Waals surface area contributed by atoms with Crippen LogP contribution in [-0.4, -0.2) is 15.8 Å². The van der Waals surface area contributed by atoms with Crippen molar-refractivity contribution in [3.63, 3.8) is 0 Å². The van der Waals surface area contributed by atoms with Crippen molar-refractivity contribution in [1.29, 1.82) is 0 Å². The van der Waals surface area contributed by atoms with Gasteiger partial charge in [0.15, 0.2) is 6.29 Å². The molecule has 0 bridgehead atoms. The Morgan fingerprint density at radius 1 is 1.40 bits per heavy atom. The van der Waals surface area contributed by atoms with Crippen molar-refractivity contribution in [2.45, 2.75) is 13.5 Å². The van der Waals surface area contributed by atoms with Gasteiger partial charge in [-0.25, -0.2) is 0 Å². The lowest BCUT2D eigenvalue weighted by Crippen LogP contribution is -2.03. The molecule has 0 radical (unpaired) electrons. The molecule has 0 aliphatic heterocycles. The Kier molecular flexibility index (Phi) is 2.63. The van der Waals surface area contributed by atoms with E-state index in [2.05, 4.69) is 4.98 Å². The maximum absolute atomic E-state index is 10.7. The number of hydrogen-bond acceptors (Lipinski definition) is 2. The number of carbonyl (C=O) groups is 1. The minimum absolute atomic E-state index is 0.640. The van der Waals surface area contributed by atoms with Crippen molar-refractivity contribution in [1.82, 2.24) is 9.55 Å². The van der Waals surface area contributed by atoms with Crippen LogP contribution in [0.3, 0.4) is 0 Å². The largest absolute Gasteiger partial charge is 0.339 e. The van der Waals surface area contributed by atoms with Gasteiger partial charge in [-0.2, -0.15) is 0 Å². The Labute approximate surface area is 88.4 Å². The van der Waals surface area contributed by atoms with Crippen LogP contribution in [0, 0.1) is 6.92 Å². The molecular formula is C12H12N2O. The zero-order valence-electron chi connectivity index (χ0n) is 8.55. The van der Waals surface area contributed by atoms with Gasteiger partial charge in [-0.1, -0.05) is 6.07 Å². The molecule has 2 rings (SSSR count). The molecule has 0 unspecified atom stereocenters. The highest BCUT2D eigenvalue weighted by atomic mass is 16.1. The van der Waals surface area contributed by atoms with Gasteiger partial charge in [0.1, 0.15) is 0 Å². The summed E-state index contributed by atoms with van der Waals surface area (Å²) < 4.78 is 1.88. The fourth-order valence-electron chi connectivity index (χ4n) is 1.44. The molecule has 15 heavy (non-hydrogen) atoms. The van der Waals surface area contributed by atoms with Crippen LogP contribution in [0.25, 0.3) is 0 Å². The highest BCUT2D eigenvalue weighted by Gasteiger charge is 2.00. The molecule has 0 saturated heterocycles. The number of aldehydes is 1. The third kappa shape index (κ3) is 2.13. The van der Waals surface area contributed by atoms with Crippen LogP contribution in [0.15, 0.2) is 36.7 Å². The van der Waals surface area contributed by atoms with Gasteiger partial charge in [0, 0.05) is 12.4 Å². The van der Waals surface area contributed by atoms with Crippen molar-refractivity contribution < 1.29 is 4.79 Å². The van der Waals surface area contributed by atoms with E-state index in [1.165, 1.54) is 0 Å². The van der Waals surface area contributed by atoms with Gasteiger partial charge in [-0.05, 0) is 30.7 Å². The number of pyridine rings is 1. The Morgan fingerprint density at radius 3 is 2.93 bits per heavy atom. The lowest BCUT2D eigenvalue weighted by Gasteiger charge is -2.04. The molecule has 0 N–H and O–H groups in total. The third-order valence-electron chi connectivity index (χ3n) is 2.29. The first-order valence-corrected chi connectivity index (χ1v) is 4.81. The Morgan fingerprint density at radius 2 is 2.27 bits per heavy atom. The average molecular weight is 200 g/mol. The van der Waals surface area contributed by atoms with Crippen molar-refractivity contribution >= 4 is 6.29 Å². The number of rotatable bonds is 3. The van der Waals surface area contributed by atoms with Gasteiger partial charge in [0.05, 0.1) is 17.9 Å². The normalized spacial score (nSPS) is 10.2. The van der Waals surface area contributed by atoms with E-state index in [4.69, 9.17) is 0 Å². The molecule has 76 valence electrons. The zero-order valence-corrected chi connectivity index (χ0v) is 8.55. The zero-order chi connectivity index (χ0) is 10.7. The van der Waals surface area contributed by atoms with Crippen molar-refractivity contribution in [2.75, 3.05) is 0 Å². The van der Waals surface area contributed by atoms with Gasteiger partial charge in [-0.3, -0.25) is 9.78 Å². The van der Waals surface area contributed by atoms with Crippen LogP contribution >= 0.6 is 0 Å². The van der Waals surface area contributed by atoms with Crippen LogP contribution in [0.1, 0.15) is 21.7 Å². The maximum atomic E-state index is 10.7. The van der Waals surface area contributed by atoms with Gasteiger partial charge >= 0.3 is 0 Å². The third-order valence-corrected chi connectivity index (χ3v) is 2.29. The second-order valence-corrected chi connectivity index (χ2v) is 3.51. The second kappa shape index (κ2) is 4.09. The average Bonchev–Trinajstić information content (AvgIpc) is 2.69. The predicted molar refractivity (Wildman–Crippen MR) is 57.9 cm³/mol. The fraction of sp³-hybridized carbons (Fsp3) is 0.167. The van der Waals surface area contributed by atoms with E-state index in [1.54, 1.807) is 6.07 Å². The monoisotopic (exact) mass is 200 g/mol. The van der Waals surface area contributed by atoms with Crippen LogP contribution in [0.4, 0.5) is 0 Å². The van der Waals surface area contributed by atoms with E-state index in [9.17, 15) is 4.79 Å². The smallest absolute Gasteiger partial charge is 0.166 e. The fourth-order valence-corrected chi connectivity index (χ4v) is 1.44. The molecule has 0 aliphatic carbocycles. The minimum atomic E-state index is 0.640. The Balaban J connectivity index is 2.21. The predicted octanol–water partition coefficient (Wildman–Crippen LogP) is 2.05. The van der Waals surface area contributed by atoms with Gasteiger partial charge in [0.25, 0.3) is 0 Å². The SMILES string of the molecule is Cc1ccc(Cn2cccc2C=O)nc1. The first-order chi connectivity index (χ1) is 7.29. The summed E-state index contributed by atoms with van der Waals surface area (Å²) in [6.07, 6.45) is 4.57. The van der Waals surface area contributed by atoms with Crippen LogP contribution in [0.5, 0.6) is 0 Å².